The second-order valence-corrected chi connectivity index (χ2v) is 6.46. The topological polar surface area (TPSA) is 77.9 Å². The molecule has 0 bridgehead atoms. The van der Waals surface area contributed by atoms with Gasteiger partial charge in [-0.05, 0) is 23.6 Å². The van der Waals surface area contributed by atoms with E-state index in [0.717, 1.165) is 12.3 Å². The molecule has 0 radical (unpaired) electrons. The van der Waals surface area contributed by atoms with Crippen molar-refractivity contribution in [2.45, 2.75) is 12.4 Å². The van der Waals surface area contributed by atoms with Gasteiger partial charge in [-0.1, -0.05) is 36.4 Å². The molecular formula is C21H14F6N4O. The highest BCUT2D eigenvalue weighted by atomic mass is 19.4. The third-order valence-electron chi connectivity index (χ3n) is 4.30. The maximum absolute atomic E-state index is 13.8. The molecule has 3 rings (SSSR count). The number of fused-ring (bicyclic) bond motifs is 1. The predicted molar refractivity (Wildman–Crippen MR) is 107 cm³/mol. The van der Waals surface area contributed by atoms with Gasteiger partial charge in [0, 0.05) is 29.2 Å². The second kappa shape index (κ2) is 8.69. The minimum Gasteiger partial charge on any atom is -0.350 e. The molecular weight excluding hydrogens is 438 g/mol. The molecule has 0 aliphatic rings. The number of halogens is 6. The molecule has 0 fully saturated rings. The van der Waals surface area contributed by atoms with Crippen molar-refractivity contribution in [3.05, 3.63) is 77.8 Å². The molecule has 0 aliphatic heterocycles. The standard InChI is InChI=1S/C21H14F6N4O/c22-20(23,24)17-10-13(8-9-29-17)30-19(32)15(11-28)18(21(25,26)27)31-16-7-3-5-12-4-1-2-6-14(12)16/h1-11,28,31H,(H,29,30,32)/b18-15+,28-11?. The van der Waals surface area contributed by atoms with Gasteiger partial charge in [-0.25, -0.2) is 0 Å². The number of benzene rings is 2. The Hall–Kier alpha value is -3.89. The number of aromatic nitrogens is 1. The molecule has 11 heteroatoms. The average molecular weight is 452 g/mol. The number of rotatable bonds is 5. The van der Waals surface area contributed by atoms with Crippen molar-refractivity contribution in [2.75, 3.05) is 10.6 Å². The number of hydrogen-bond donors (Lipinski definition) is 3. The third-order valence-corrected chi connectivity index (χ3v) is 4.30. The van der Waals surface area contributed by atoms with E-state index in [0.29, 0.717) is 16.8 Å². The van der Waals surface area contributed by atoms with Gasteiger partial charge in [-0.3, -0.25) is 9.78 Å². The van der Waals surface area contributed by atoms with Crippen LogP contribution in [0.2, 0.25) is 0 Å². The lowest BCUT2D eigenvalue weighted by Crippen LogP contribution is -2.27. The Morgan fingerprint density at radius 3 is 2.28 bits per heavy atom. The van der Waals surface area contributed by atoms with Crippen LogP contribution in [0.1, 0.15) is 5.69 Å². The van der Waals surface area contributed by atoms with Gasteiger partial charge in [-0.15, -0.1) is 0 Å². The Balaban J connectivity index is 2.01. The summed E-state index contributed by atoms with van der Waals surface area (Å²) < 4.78 is 79.8. The lowest BCUT2D eigenvalue weighted by molar-refractivity contribution is -0.141. The zero-order valence-electron chi connectivity index (χ0n) is 16.0. The van der Waals surface area contributed by atoms with Crippen molar-refractivity contribution in [1.82, 2.24) is 4.98 Å². The lowest BCUT2D eigenvalue weighted by Gasteiger charge is -2.19. The molecule has 0 saturated carbocycles. The Bertz CT molecular complexity index is 1200. The van der Waals surface area contributed by atoms with Crippen LogP contribution in [-0.2, 0) is 11.0 Å². The van der Waals surface area contributed by atoms with Crippen LogP contribution >= 0.6 is 0 Å². The molecule has 0 atom stereocenters. The predicted octanol–water partition coefficient (Wildman–Crippen LogP) is 5.77. The quantitative estimate of drug-likeness (QED) is 0.261. The van der Waals surface area contributed by atoms with Gasteiger partial charge in [0.1, 0.15) is 11.4 Å². The summed E-state index contributed by atoms with van der Waals surface area (Å²) in [6, 6.07) is 12.6. The van der Waals surface area contributed by atoms with Crippen molar-refractivity contribution >= 4 is 34.3 Å². The number of hydrogen-bond acceptors (Lipinski definition) is 4. The smallest absolute Gasteiger partial charge is 0.350 e. The van der Waals surface area contributed by atoms with Crippen LogP contribution in [0, 0.1) is 5.41 Å². The van der Waals surface area contributed by atoms with E-state index in [-0.39, 0.29) is 11.9 Å². The second-order valence-electron chi connectivity index (χ2n) is 6.46. The van der Waals surface area contributed by atoms with Crippen molar-refractivity contribution in [1.29, 1.82) is 5.41 Å². The number of alkyl halides is 6. The molecule has 1 aromatic heterocycles. The first kappa shape index (κ1) is 22.8. The van der Waals surface area contributed by atoms with E-state index in [1.54, 1.807) is 30.3 Å². The molecule has 0 spiro atoms. The first-order valence-electron chi connectivity index (χ1n) is 8.92. The molecule has 1 heterocycles. The van der Waals surface area contributed by atoms with Crippen LogP contribution in [0.3, 0.4) is 0 Å². The number of carbonyl (C=O) groups is 1. The summed E-state index contributed by atoms with van der Waals surface area (Å²) >= 11 is 0. The fourth-order valence-corrected chi connectivity index (χ4v) is 2.87. The minimum absolute atomic E-state index is 0.0332. The molecule has 0 saturated heterocycles. The molecule has 3 aromatic rings. The summed E-state index contributed by atoms with van der Waals surface area (Å²) in [4.78, 5) is 15.6. The van der Waals surface area contributed by atoms with E-state index >= 15 is 0 Å². The van der Waals surface area contributed by atoms with Crippen molar-refractivity contribution in [2.24, 2.45) is 0 Å². The summed E-state index contributed by atoms with van der Waals surface area (Å²) in [5, 5.41) is 12.6. The molecule has 0 aliphatic carbocycles. The molecule has 32 heavy (non-hydrogen) atoms. The summed E-state index contributed by atoms with van der Waals surface area (Å²) in [6.45, 7) is 0. The normalized spacial score (nSPS) is 12.8. The monoisotopic (exact) mass is 452 g/mol. The van der Waals surface area contributed by atoms with Gasteiger partial charge < -0.3 is 16.0 Å². The Morgan fingerprint density at radius 2 is 1.62 bits per heavy atom. The van der Waals surface area contributed by atoms with Crippen molar-refractivity contribution < 1.29 is 31.1 Å². The summed E-state index contributed by atoms with van der Waals surface area (Å²) in [5.41, 5.74) is -4.38. The summed E-state index contributed by atoms with van der Waals surface area (Å²) in [6.07, 6.45) is -8.95. The van der Waals surface area contributed by atoms with Gasteiger partial charge in [0.15, 0.2) is 0 Å². The first-order valence-corrected chi connectivity index (χ1v) is 8.92. The van der Waals surface area contributed by atoms with E-state index in [1.807, 2.05) is 5.32 Å². The molecule has 3 N–H and O–H groups in total. The van der Waals surface area contributed by atoms with E-state index in [4.69, 9.17) is 5.41 Å². The van der Waals surface area contributed by atoms with E-state index in [9.17, 15) is 31.1 Å². The van der Waals surface area contributed by atoms with Crippen LogP contribution < -0.4 is 10.6 Å². The molecule has 2 aromatic carbocycles. The number of anilines is 2. The van der Waals surface area contributed by atoms with Gasteiger partial charge in [0.05, 0.1) is 5.57 Å². The van der Waals surface area contributed by atoms with Gasteiger partial charge in [0.25, 0.3) is 5.91 Å². The highest BCUT2D eigenvalue weighted by Crippen LogP contribution is 2.33. The van der Waals surface area contributed by atoms with E-state index in [2.05, 4.69) is 10.3 Å². The molecule has 1 amide bonds. The number of amides is 1. The van der Waals surface area contributed by atoms with Crippen LogP contribution in [0.15, 0.2) is 72.1 Å². The van der Waals surface area contributed by atoms with Gasteiger partial charge in [0.2, 0.25) is 0 Å². The number of pyridine rings is 1. The highest BCUT2D eigenvalue weighted by Gasteiger charge is 2.39. The number of nitrogens with zero attached hydrogens (tertiary/aromatic N) is 1. The SMILES string of the molecule is N=C/C(C(=O)Nc1ccnc(C(F)(F)F)c1)=C(\Nc1cccc2ccccc12)C(F)(F)F. The zero-order valence-corrected chi connectivity index (χ0v) is 16.0. The van der Waals surface area contributed by atoms with Gasteiger partial charge in [-0.2, -0.15) is 26.3 Å². The Morgan fingerprint density at radius 1 is 0.938 bits per heavy atom. The minimum atomic E-state index is -5.07. The van der Waals surface area contributed by atoms with Crippen molar-refractivity contribution in [3.8, 4) is 0 Å². The molecule has 5 nitrogen and oxygen atoms in total. The summed E-state index contributed by atoms with van der Waals surface area (Å²) in [5.74, 6) is -1.42. The van der Waals surface area contributed by atoms with Crippen LogP contribution in [0.25, 0.3) is 10.8 Å². The fourth-order valence-electron chi connectivity index (χ4n) is 2.87. The van der Waals surface area contributed by atoms with Crippen LogP contribution in [0.4, 0.5) is 37.7 Å². The van der Waals surface area contributed by atoms with Crippen LogP contribution in [-0.4, -0.2) is 23.3 Å². The third kappa shape index (κ3) is 5.05. The van der Waals surface area contributed by atoms with Gasteiger partial charge >= 0.3 is 12.4 Å². The average Bonchev–Trinajstić information content (AvgIpc) is 2.72. The summed E-state index contributed by atoms with van der Waals surface area (Å²) in [7, 11) is 0. The zero-order chi connectivity index (χ0) is 23.5. The lowest BCUT2D eigenvalue weighted by atomic mass is 10.1. The van der Waals surface area contributed by atoms with Crippen LogP contribution in [0.5, 0.6) is 0 Å². The highest BCUT2D eigenvalue weighted by molar-refractivity contribution is 6.18. The largest absolute Gasteiger partial charge is 0.433 e. The maximum Gasteiger partial charge on any atom is 0.433 e. The fraction of sp³-hybridized carbons (Fsp3) is 0.0952. The number of nitrogens with one attached hydrogen (secondary N) is 3. The molecule has 0 unspecified atom stereocenters. The first-order chi connectivity index (χ1) is 15.0. The maximum atomic E-state index is 13.8. The van der Waals surface area contributed by atoms with E-state index < -0.39 is 40.9 Å². The van der Waals surface area contributed by atoms with Crippen molar-refractivity contribution in [3.63, 3.8) is 0 Å². The number of allylic oxidation sites excluding steroid dienone is 1. The molecule has 166 valence electrons. The Labute approximate surface area is 177 Å². The Kier molecular flexibility index (Phi) is 6.19. The number of carbonyl (C=O) groups excluding carboxylic acids is 1. The van der Waals surface area contributed by atoms with E-state index in [1.165, 1.54) is 12.1 Å².